The molecule has 10 heteroatoms. The fraction of sp³-hybridized carbons (Fsp3) is 0.818. The number of hydrogen-bond acceptors (Lipinski definition) is 7. The van der Waals surface area contributed by atoms with Gasteiger partial charge in [-0.2, -0.15) is 0 Å². The third-order valence-corrected chi connectivity index (χ3v) is 3.64. The van der Waals surface area contributed by atoms with E-state index in [1.165, 1.54) is 6.92 Å². The lowest BCUT2D eigenvalue weighted by Crippen LogP contribution is -2.49. The number of carboxylic acid groups (broad SMARTS) is 1. The second kappa shape index (κ2) is 7.74. The second-order valence-electron chi connectivity index (χ2n) is 5.09. The molecule has 0 unspecified atom stereocenters. The summed E-state index contributed by atoms with van der Waals surface area (Å²) in [4.78, 5) is 22.8. The lowest BCUT2D eigenvalue weighted by molar-refractivity contribution is -0.142. The molecule has 0 aliphatic rings. The van der Waals surface area contributed by atoms with Crippen LogP contribution in [0.2, 0.25) is 0 Å². The number of hydrogen-bond donors (Lipinski definition) is 2. The largest absolute Gasteiger partial charge is 0.480 e. The van der Waals surface area contributed by atoms with E-state index in [0.29, 0.717) is 0 Å². The summed E-state index contributed by atoms with van der Waals surface area (Å²) >= 11 is 0. The Morgan fingerprint density at radius 1 is 1.19 bits per heavy atom. The van der Waals surface area contributed by atoms with E-state index in [9.17, 15) is 14.2 Å². The molecule has 0 heterocycles. The third-order valence-electron chi connectivity index (χ3n) is 2.15. The number of ether oxygens (including phenoxy) is 1. The van der Waals surface area contributed by atoms with Crippen molar-refractivity contribution in [2.45, 2.75) is 45.4 Å². The minimum atomic E-state index is -3.87. The molecule has 0 aliphatic heterocycles. The molecule has 0 aliphatic carbocycles. The van der Waals surface area contributed by atoms with Gasteiger partial charge in [-0.05, 0) is 27.7 Å². The molecule has 2 N–H and O–H groups in total. The lowest BCUT2D eigenvalue weighted by atomic mass is 10.2. The molecular weight excluding hydrogens is 305 g/mol. The summed E-state index contributed by atoms with van der Waals surface area (Å²) in [6.45, 7) is 6.20. The SMILES string of the molecule is COP(=O)(OC)O[C@H](C)[C@H](NC(=O)OC(C)(C)C)C(=O)O. The maximum Gasteiger partial charge on any atom is 0.474 e. The van der Waals surface area contributed by atoms with Crippen molar-refractivity contribution in [3.05, 3.63) is 0 Å². The van der Waals surface area contributed by atoms with Crippen LogP contribution in [0.15, 0.2) is 0 Å². The first kappa shape index (κ1) is 19.9. The van der Waals surface area contributed by atoms with E-state index in [-0.39, 0.29) is 0 Å². The van der Waals surface area contributed by atoms with Crippen molar-refractivity contribution >= 4 is 19.9 Å². The normalized spacial score (nSPS) is 15.1. The fourth-order valence-corrected chi connectivity index (χ4v) is 2.09. The van der Waals surface area contributed by atoms with Crippen LogP contribution in [0.3, 0.4) is 0 Å². The smallest absolute Gasteiger partial charge is 0.474 e. The van der Waals surface area contributed by atoms with Crippen LogP contribution in [0.25, 0.3) is 0 Å². The highest BCUT2D eigenvalue weighted by Crippen LogP contribution is 2.49. The van der Waals surface area contributed by atoms with Gasteiger partial charge in [-0.25, -0.2) is 14.2 Å². The fourth-order valence-electron chi connectivity index (χ4n) is 1.24. The second-order valence-corrected chi connectivity index (χ2v) is 6.92. The molecule has 0 saturated heterocycles. The van der Waals surface area contributed by atoms with Crippen LogP contribution in [0.4, 0.5) is 4.79 Å². The van der Waals surface area contributed by atoms with Gasteiger partial charge in [-0.15, -0.1) is 0 Å². The number of phosphoric acid groups is 1. The quantitative estimate of drug-likeness (QED) is 0.679. The molecule has 21 heavy (non-hydrogen) atoms. The van der Waals surface area contributed by atoms with Crippen molar-refractivity contribution in [3.63, 3.8) is 0 Å². The van der Waals surface area contributed by atoms with Gasteiger partial charge in [-0.1, -0.05) is 0 Å². The van der Waals surface area contributed by atoms with Crippen molar-refractivity contribution in [3.8, 4) is 0 Å². The van der Waals surface area contributed by atoms with Crippen LogP contribution < -0.4 is 5.32 Å². The Labute approximate surface area is 123 Å². The summed E-state index contributed by atoms with van der Waals surface area (Å²) in [5.74, 6) is -1.38. The zero-order valence-corrected chi connectivity index (χ0v) is 13.8. The molecule has 0 fully saturated rings. The zero-order chi connectivity index (χ0) is 16.8. The Morgan fingerprint density at radius 2 is 1.67 bits per heavy atom. The lowest BCUT2D eigenvalue weighted by Gasteiger charge is -2.26. The first-order valence-corrected chi connectivity index (χ1v) is 7.52. The topological polar surface area (TPSA) is 120 Å². The van der Waals surface area contributed by atoms with E-state index in [1.54, 1.807) is 20.8 Å². The van der Waals surface area contributed by atoms with Gasteiger partial charge in [0.05, 0.1) is 6.10 Å². The Hall–Kier alpha value is -1.15. The van der Waals surface area contributed by atoms with Crippen molar-refractivity contribution in [1.29, 1.82) is 0 Å². The van der Waals surface area contributed by atoms with Gasteiger partial charge in [0.1, 0.15) is 5.60 Å². The number of carboxylic acids is 1. The van der Waals surface area contributed by atoms with Crippen LogP contribution in [-0.2, 0) is 27.7 Å². The predicted molar refractivity (Wildman–Crippen MR) is 73.0 cm³/mol. The number of nitrogens with one attached hydrogen (secondary N) is 1. The molecule has 0 saturated carbocycles. The third kappa shape index (κ3) is 7.42. The Balaban J connectivity index is 4.87. The van der Waals surface area contributed by atoms with E-state index < -0.39 is 37.6 Å². The number of rotatable bonds is 7. The molecule has 0 bridgehead atoms. The van der Waals surface area contributed by atoms with Crippen molar-refractivity contribution in [2.24, 2.45) is 0 Å². The maximum absolute atomic E-state index is 11.8. The van der Waals surface area contributed by atoms with E-state index in [1.807, 2.05) is 0 Å². The maximum atomic E-state index is 11.8. The average Bonchev–Trinajstić information content (AvgIpc) is 2.33. The summed E-state index contributed by atoms with van der Waals surface area (Å²) in [6.07, 6.45) is -2.12. The number of phosphoric ester groups is 1. The molecular formula is C11H22NO8P. The highest BCUT2D eigenvalue weighted by Gasteiger charge is 2.35. The average molecular weight is 327 g/mol. The van der Waals surface area contributed by atoms with Crippen LogP contribution in [0.1, 0.15) is 27.7 Å². The molecule has 0 aromatic heterocycles. The predicted octanol–water partition coefficient (Wildman–Crippen LogP) is 1.77. The van der Waals surface area contributed by atoms with Crippen molar-refractivity contribution in [2.75, 3.05) is 14.2 Å². The van der Waals surface area contributed by atoms with Crippen molar-refractivity contribution in [1.82, 2.24) is 5.32 Å². The van der Waals surface area contributed by atoms with E-state index in [2.05, 4.69) is 14.4 Å². The molecule has 124 valence electrons. The minimum Gasteiger partial charge on any atom is -0.480 e. The highest BCUT2D eigenvalue weighted by atomic mass is 31.2. The molecule has 9 nitrogen and oxygen atoms in total. The molecule has 0 spiro atoms. The van der Waals surface area contributed by atoms with Crippen LogP contribution in [0.5, 0.6) is 0 Å². The van der Waals surface area contributed by atoms with Crippen LogP contribution in [-0.4, -0.2) is 49.1 Å². The van der Waals surface area contributed by atoms with Gasteiger partial charge in [0, 0.05) is 14.2 Å². The first-order chi connectivity index (χ1) is 9.44. The summed E-state index contributed by atoms with van der Waals surface area (Å²) < 4.78 is 30.8. The molecule has 0 aromatic carbocycles. The van der Waals surface area contributed by atoms with E-state index >= 15 is 0 Å². The minimum absolute atomic E-state index is 0.786. The van der Waals surface area contributed by atoms with Gasteiger partial charge in [-0.3, -0.25) is 13.6 Å². The number of aliphatic carboxylic acids is 1. The van der Waals surface area contributed by atoms with Crippen LogP contribution in [0, 0.1) is 0 Å². The van der Waals surface area contributed by atoms with E-state index in [4.69, 9.17) is 14.4 Å². The summed E-state index contributed by atoms with van der Waals surface area (Å²) in [5.41, 5.74) is -0.786. The molecule has 0 radical (unpaired) electrons. The Kier molecular flexibility index (Phi) is 7.32. The van der Waals surface area contributed by atoms with Gasteiger partial charge in [0.25, 0.3) is 0 Å². The summed E-state index contributed by atoms with van der Waals surface area (Å²) in [7, 11) is -1.69. The van der Waals surface area contributed by atoms with Crippen LogP contribution >= 0.6 is 7.82 Å². The van der Waals surface area contributed by atoms with Gasteiger partial charge >= 0.3 is 19.9 Å². The molecule has 1 amide bonds. The Bertz CT molecular complexity index is 411. The molecule has 0 aromatic rings. The monoisotopic (exact) mass is 327 g/mol. The summed E-state index contributed by atoms with van der Waals surface area (Å²) in [6, 6.07) is -1.49. The Morgan fingerprint density at radius 3 is 2.00 bits per heavy atom. The summed E-state index contributed by atoms with van der Waals surface area (Å²) in [5, 5.41) is 11.2. The van der Waals surface area contributed by atoms with E-state index in [0.717, 1.165) is 14.2 Å². The number of carbonyl (C=O) groups is 2. The van der Waals surface area contributed by atoms with Crippen molar-refractivity contribution < 1.29 is 37.6 Å². The number of amides is 1. The van der Waals surface area contributed by atoms with Gasteiger partial charge < -0.3 is 15.2 Å². The number of carbonyl (C=O) groups excluding carboxylic acids is 1. The zero-order valence-electron chi connectivity index (χ0n) is 12.9. The molecule has 0 rings (SSSR count). The van der Waals surface area contributed by atoms with Gasteiger partial charge in [0.2, 0.25) is 0 Å². The standard InChI is InChI=1S/C11H22NO8P/c1-7(20-21(16,17-5)18-6)8(9(13)14)12-10(15)19-11(2,3)4/h7-8H,1-6H3,(H,12,15)(H,13,14)/t7-,8+/m1/s1. The number of alkyl carbamates (subject to hydrolysis) is 1. The highest BCUT2D eigenvalue weighted by molar-refractivity contribution is 7.48. The first-order valence-electron chi connectivity index (χ1n) is 6.06. The van der Waals surface area contributed by atoms with Gasteiger partial charge in [0.15, 0.2) is 6.04 Å². The molecule has 2 atom stereocenters.